The van der Waals surface area contributed by atoms with Crippen molar-refractivity contribution in [3.8, 4) is 0 Å². The molecule has 0 N–H and O–H groups in total. The maximum atomic E-state index is 12.2. The summed E-state index contributed by atoms with van der Waals surface area (Å²) >= 11 is -1.44. The van der Waals surface area contributed by atoms with E-state index in [4.69, 9.17) is 8.92 Å². The molecule has 0 saturated heterocycles. The fraction of sp³-hybridized carbons (Fsp3) is 0.625. The summed E-state index contributed by atoms with van der Waals surface area (Å²) in [5, 5.41) is 0. The van der Waals surface area contributed by atoms with E-state index >= 15 is 0 Å². The zero-order chi connectivity index (χ0) is 15.4. The summed E-state index contributed by atoms with van der Waals surface area (Å²) in [4.78, 5) is 0.695. The van der Waals surface area contributed by atoms with Gasteiger partial charge < -0.3 is 4.74 Å². The van der Waals surface area contributed by atoms with Crippen molar-refractivity contribution in [2.75, 3.05) is 6.61 Å². The minimum Gasteiger partial charge on any atom is -0.376 e. The largest absolute Gasteiger partial charge is 0.376 e. The minimum atomic E-state index is -1.44. The summed E-state index contributed by atoms with van der Waals surface area (Å²) in [6.07, 6.45) is 0.696. The van der Waals surface area contributed by atoms with Crippen molar-refractivity contribution in [3.63, 3.8) is 0 Å². The number of hydrogen-bond acceptors (Lipinski definition) is 3. The molecule has 0 bridgehead atoms. The fourth-order valence-electron chi connectivity index (χ4n) is 1.55. The molecule has 1 aromatic carbocycles. The van der Waals surface area contributed by atoms with Crippen LogP contribution in [0, 0.1) is 6.92 Å². The molecule has 114 valence electrons. The third-order valence-electron chi connectivity index (χ3n) is 2.75. The highest BCUT2D eigenvalue weighted by Crippen LogP contribution is 2.21. The van der Waals surface area contributed by atoms with Crippen molar-refractivity contribution in [1.82, 2.24) is 0 Å². The van der Waals surface area contributed by atoms with Gasteiger partial charge in [0.05, 0.1) is 22.7 Å². The number of ether oxygens (including phenoxy) is 1. The molecule has 0 saturated carbocycles. The summed E-state index contributed by atoms with van der Waals surface area (Å²) in [6.45, 7) is 12.5. The first-order chi connectivity index (χ1) is 9.09. The normalized spacial score (nSPS) is 14.3. The van der Waals surface area contributed by atoms with Crippen LogP contribution in [0.4, 0.5) is 0 Å². The smallest absolute Gasteiger partial charge is 0.189 e. The van der Waals surface area contributed by atoms with Crippen molar-refractivity contribution < 1.29 is 13.1 Å². The molecule has 4 heteroatoms. The lowest BCUT2D eigenvalue weighted by Crippen LogP contribution is -2.30. The molecule has 0 spiro atoms. The van der Waals surface area contributed by atoms with Gasteiger partial charge >= 0.3 is 0 Å². The molecule has 0 aliphatic heterocycles. The Bertz CT molecular complexity index is 444. The van der Waals surface area contributed by atoms with Gasteiger partial charge in [-0.2, -0.15) is 0 Å². The fourth-order valence-corrected chi connectivity index (χ4v) is 2.49. The van der Waals surface area contributed by atoms with Crippen LogP contribution < -0.4 is 0 Å². The van der Waals surface area contributed by atoms with E-state index in [1.807, 2.05) is 65.8 Å². The molecule has 0 fully saturated rings. The van der Waals surface area contributed by atoms with Gasteiger partial charge in [0.2, 0.25) is 0 Å². The predicted octanol–water partition coefficient (Wildman–Crippen LogP) is 4.02. The van der Waals surface area contributed by atoms with Crippen molar-refractivity contribution in [2.45, 2.75) is 64.1 Å². The van der Waals surface area contributed by atoms with Crippen LogP contribution in [0.5, 0.6) is 0 Å². The molecule has 0 aromatic heterocycles. The quantitative estimate of drug-likeness (QED) is 0.796. The molecule has 0 heterocycles. The SMILES string of the molecule is Cc1ccc(S(=O)OC(C)(C)CCOC(C)(C)C)cc1. The minimum absolute atomic E-state index is 0.161. The van der Waals surface area contributed by atoms with E-state index < -0.39 is 16.7 Å². The summed E-state index contributed by atoms with van der Waals surface area (Å²) in [5.74, 6) is 0. The van der Waals surface area contributed by atoms with Gasteiger partial charge in [0.25, 0.3) is 0 Å². The zero-order valence-corrected chi connectivity index (χ0v) is 14.2. The van der Waals surface area contributed by atoms with Gasteiger partial charge in [-0.1, -0.05) is 17.7 Å². The van der Waals surface area contributed by atoms with Crippen LogP contribution in [0.3, 0.4) is 0 Å². The first-order valence-corrected chi connectivity index (χ1v) is 7.98. The molecule has 1 unspecified atom stereocenters. The maximum absolute atomic E-state index is 12.2. The second kappa shape index (κ2) is 6.83. The number of hydrogen-bond donors (Lipinski definition) is 0. The molecule has 1 rings (SSSR count). The third-order valence-corrected chi connectivity index (χ3v) is 4.01. The first-order valence-electron chi connectivity index (χ1n) is 6.91. The predicted molar refractivity (Wildman–Crippen MR) is 83.1 cm³/mol. The average molecular weight is 298 g/mol. The van der Waals surface area contributed by atoms with Gasteiger partial charge in [-0.25, -0.2) is 4.21 Å². The Balaban J connectivity index is 2.53. The highest BCUT2D eigenvalue weighted by molar-refractivity contribution is 7.80. The Labute approximate surface area is 125 Å². The van der Waals surface area contributed by atoms with E-state index in [2.05, 4.69) is 0 Å². The van der Waals surface area contributed by atoms with Crippen LogP contribution in [0.1, 0.15) is 46.6 Å². The summed E-state index contributed by atoms with van der Waals surface area (Å²) in [5.41, 5.74) is 0.497. The molecule has 0 radical (unpaired) electrons. The van der Waals surface area contributed by atoms with Crippen LogP contribution in [0.2, 0.25) is 0 Å². The van der Waals surface area contributed by atoms with Crippen molar-refractivity contribution >= 4 is 11.1 Å². The summed E-state index contributed by atoms with van der Waals surface area (Å²) < 4.78 is 23.5. The zero-order valence-electron chi connectivity index (χ0n) is 13.4. The second-order valence-electron chi connectivity index (χ2n) is 6.60. The van der Waals surface area contributed by atoms with E-state index in [1.165, 1.54) is 0 Å². The van der Waals surface area contributed by atoms with Gasteiger partial charge in [0.1, 0.15) is 0 Å². The van der Waals surface area contributed by atoms with Crippen LogP contribution in [-0.2, 0) is 20.0 Å². The number of rotatable bonds is 6. The van der Waals surface area contributed by atoms with Crippen LogP contribution in [0.25, 0.3) is 0 Å². The Morgan fingerprint density at radius 1 is 1.05 bits per heavy atom. The lowest BCUT2D eigenvalue weighted by atomic mass is 10.1. The first kappa shape index (κ1) is 17.3. The van der Waals surface area contributed by atoms with Crippen molar-refractivity contribution in [2.24, 2.45) is 0 Å². The molecule has 1 atom stereocenters. The Hall–Kier alpha value is -0.710. The van der Waals surface area contributed by atoms with E-state index in [0.29, 0.717) is 17.9 Å². The molecule has 0 aliphatic rings. The van der Waals surface area contributed by atoms with E-state index in [-0.39, 0.29) is 5.60 Å². The second-order valence-corrected chi connectivity index (χ2v) is 7.71. The number of aryl methyl sites for hydroxylation is 1. The highest BCUT2D eigenvalue weighted by Gasteiger charge is 2.24. The molecule has 3 nitrogen and oxygen atoms in total. The molecule has 1 aromatic rings. The van der Waals surface area contributed by atoms with E-state index in [1.54, 1.807) is 0 Å². The van der Waals surface area contributed by atoms with Gasteiger partial charge in [-0.05, 0) is 53.7 Å². The lowest BCUT2D eigenvalue weighted by molar-refractivity contribution is -0.0268. The van der Waals surface area contributed by atoms with Gasteiger partial charge in [0.15, 0.2) is 11.1 Å². The van der Waals surface area contributed by atoms with Crippen molar-refractivity contribution in [1.29, 1.82) is 0 Å². The van der Waals surface area contributed by atoms with Gasteiger partial charge in [-0.3, -0.25) is 4.18 Å². The van der Waals surface area contributed by atoms with Crippen LogP contribution >= 0.6 is 0 Å². The molecule has 0 amide bonds. The van der Waals surface area contributed by atoms with E-state index in [9.17, 15) is 4.21 Å². The van der Waals surface area contributed by atoms with E-state index in [0.717, 1.165) is 5.56 Å². The molecule has 20 heavy (non-hydrogen) atoms. The molecular weight excluding hydrogens is 272 g/mol. The monoisotopic (exact) mass is 298 g/mol. The van der Waals surface area contributed by atoms with Gasteiger partial charge in [-0.15, -0.1) is 0 Å². The third kappa shape index (κ3) is 6.64. The summed E-state index contributed by atoms with van der Waals surface area (Å²) in [6, 6.07) is 7.55. The summed E-state index contributed by atoms with van der Waals surface area (Å²) in [7, 11) is 0. The van der Waals surface area contributed by atoms with Crippen LogP contribution in [-0.4, -0.2) is 22.0 Å². The Kier molecular flexibility index (Phi) is 5.92. The Morgan fingerprint density at radius 2 is 1.60 bits per heavy atom. The standard InChI is InChI=1S/C16H26O3S/c1-13-7-9-14(10-8-13)20(17)19-16(5,6)11-12-18-15(2,3)4/h7-10H,11-12H2,1-6H3. The topological polar surface area (TPSA) is 35.5 Å². The molecular formula is C16H26O3S. The maximum Gasteiger partial charge on any atom is 0.189 e. The highest BCUT2D eigenvalue weighted by atomic mass is 32.2. The molecule has 0 aliphatic carbocycles. The Morgan fingerprint density at radius 3 is 2.10 bits per heavy atom. The van der Waals surface area contributed by atoms with Crippen LogP contribution in [0.15, 0.2) is 29.2 Å². The number of benzene rings is 1. The lowest BCUT2D eigenvalue weighted by Gasteiger charge is -2.26. The average Bonchev–Trinajstić information content (AvgIpc) is 2.26. The van der Waals surface area contributed by atoms with Gasteiger partial charge in [0, 0.05) is 6.42 Å². The van der Waals surface area contributed by atoms with Crippen molar-refractivity contribution in [3.05, 3.63) is 29.8 Å².